The van der Waals surface area contributed by atoms with E-state index < -0.39 is 0 Å². The molecule has 1 heterocycles. The average molecular weight is 290 g/mol. The first-order valence-electron chi connectivity index (χ1n) is 7.73. The van der Waals surface area contributed by atoms with Crippen LogP contribution in [0.4, 0.5) is 0 Å². The minimum atomic E-state index is -0.158. The molecule has 1 aliphatic rings. The molecule has 0 spiro atoms. The fourth-order valence-corrected chi connectivity index (χ4v) is 2.74. The topological polar surface area (TPSA) is 61.6 Å². The van der Waals surface area contributed by atoms with Gasteiger partial charge in [-0.25, -0.2) is 5.84 Å². The van der Waals surface area contributed by atoms with Gasteiger partial charge in [-0.3, -0.25) is 15.1 Å². The summed E-state index contributed by atoms with van der Waals surface area (Å²) >= 11 is 0. The van der Waals surface area contributed by atoms with Crippen LogP contribution in [-0.2, 0) is 17.8 Å². The number of hydrazine groups is 1. The summed E-state index contributed by atoms with van der Waals surface area (Å²) in [6, 6.07) is 8.24. The van der Waals surface area contributed by atoms with Crippen LogP contribution in [0.25, 0.3) is 0 Å². The number of carbonyl (C=O) groups excluding carboxylic acids is 1. The molecule has 0 unspecified atom stereocenters. The van der Waals surface area contributed by atoms with Crippen molar-refractivity contribution in [3.05, 3.63) is 35.4 Å². The largest absolute Gasteiger partial charge is 0.301 e. The Hall–Kier alpha value is -1.43. The quantitative estimate of drug-likeness (QED) is 0.461. The van der Waals surface area contributed by atoms with E-state index in [1.54, 1.807) is 0 Å². The van der Waals surface area contributed by atoms with Gasteiger partial charge < -0.3 is 4.90 Å². The molecule has 1 aromatic carbocycles. The van der Waals surface area contributed by atoms with E-state index in [2.05, 4.69) is 34.3 Å². The summed E-state index contributed by atoms with van der Waals surface area (Å²) in [5.41, 5.74) is 4.45. The van der Waals surface area contributed by atoms with Gasteiger partial charge in [0.15, 0.2) is 0 Å². The van der Waals surface area contributed by atoms with Crippen LogP contribution in [0.5, 0.6) is 0 Å². The minimum Gasteiger partial charge on any atom is -0.301 e. The van der Waals surface area contributed by atoms with Gasteiger partial charge in [-0.15, -0.1) is 0 Å². The maximum absolute atomic E-state index is 11.2. The number of rotatable bonds is 6. The van der Waals surface area contributed by atoms with Crippen molar-refractivity contribution in [1.29, 1.82) is 0 Å². The second kappa shape index (κ2) is 8.12. The molecule has 5 heteroatoms. The number of benzene rings is 1. The summed E-state index contributed by atoms with van der Waals surface area (Å²) in [5.74, 6) is 4.94. The van der Waals surface area contributed by atoms with Crippen molar-refractivity contribution in [3.8, 4) is 0 Å². The number of amides is 1. The van der Waals surface area contributed by atoms with Crippen molar-refractivity contribution in [3.63, 3.8) is 0 Å². The van der Waals surface area contributed by atoms with Crippen molar-refractivity contribution in [2.45, 2.75) is 26.3 Å². The van der Waals surface area contributed by atoms with E-state index in [0.29, 0.717) is 6.42 Å². The van der Waals surface area contributed by atoms with E-state index in [9.17, 15) is 4.79 Å². The first-order chi connectivity index (χ1) is 10.2. The molecule has 1 amide bonds. The summed E-state index contributed by atoms with van der Waals surface area (Å²) < 4.78 is 0. The van der Waals surface area contributed by atoms with Crippen LogP contribution < -0.4 is 11.3 Å². The van der Waals surface area contributed by atoms with Crippen molar-refractivity contribution >= 4 is 5.91 Å². The first-order valence-corrected chi connectivity index (χ1v) is 7.73. The van der Waals surface area contributed by atoms with E-state index in [1.807, 2.05) is 12.1 Å². The third-order valence-corrected chi connectivity index (χ3v) is 3.96. The van der Waals surface area contributed by atoms with Crippen molar-refractivity contribution in [2.75, 3.05) is 32.7 Å². The first kappa shape index (κ1) is 15.9. The van der Waals surface area contributed by atoms with E-state index in [-0.39, 0.29) is 5.91 Å². The van der Waals surface area contributed by atoms with E-state index in [4.69, 9.17) is 5.84 Å². The second-order valence-corrected chi connectivity index (χ2v) is 5.68. The van der Waals surface area contributed by atoms with Gasteiger partial charge in [-0.05, 0) is 24.1 Å². The summed E-state index contributed by atoms with van der Waals surface area (Å²) in [7, 11) is 0. The van der Waals surface area contributed by atoms with Crippen LogP contribution in [-0.4, -0.2) is 48.4 Å². The lowest BCUT2D eigenvalue weighted by Gasteiger charge is -2.34. The van der Waals surface area contributed by atoms with Crippen LogP contribution in [0, 0.1) is 0 Å². The third kappa shape index (κ3) is 5.12. The molecule has 3 N–H and O–H groups in total. The zero-order valence-electron chi connectivity index (χ0n) is 12.8. The Labute approximate surface area is 127 Å². The van der Waals surface area contributed by atoms with Crippen molar-refractivity contribution < 1.29 is 4.79 Å². The lowest BCUT2D eigenvalue weighted by molar-refractivity contribution is -0.120. The van der Waals surface area contributed by atoms with Gasteiger partial charge in [0, 0.05) is 32.7 Å². The minimum absolute atomic E-state index is 0.158. The molecule has 5 nitrogen and oxygen atoms in total. The molecule has 0 radical (unpaired) electrons. The standard InChI is InChI=1S/C16H26N4O/c1-2-7-19-8-10-20(11-9-19)13-15-5-3-14(4-6-15)12-16(21)18-17/h3-6H,2,7-13,17H2,1H3,(H,18,21). The Morgan fingerprint density at radius 3 is 2.24 bits per heavy atom. The molecule has 0 atom stereocenters. The highest BCUT2D eigenvalue weighted by Gasteiger charge is 2.15. The van der Waals surface area contributed by atoms with Gasteiger partial charge in [0.1, 0.15) is 0 Å². The highest BCUT2D eigenvalue weighted by molar-refractivity contribution is 5.77. The molecule has 1 aromatic rings. The number of piperazine rings is 1. The normalized spacial score (nSPS) is 16.9. The van der Waals surface area contributed by atoms with Gasteiger partial charge in [-0.1, -0.05) is 31.2 Å². The van der Waals surface area contributed by atoms with E-state index in [1.165, 1.54) is 31.6 Å². The van der Waals surface area contributed by atoms with Gasteiger partial charge in [0.25, 0.3) is 0 Å². The maximum atomic E-state index is 11.2. The van der Waals surface area contributed by atoms with E-state index in [0.717, 1.165) is 25.2 Å². The summed E-state index contributed by atoms with van der Waals surface area (Å²) in [4.78, 5) is 16.2. The smallest absolute Gasteiger partial charge is 0.238 e. The molecule has 1 aliphatic heterocycles. The summed E-state index contributed by atoms with van der Waals surface area (Å²) in [5, 5.41) is 0. The third-order valence-electron chi connectivity index (χ3n) is 3.96. The highest BCUT2D eigenvalue weighted by Crippen LogP contribution is 2.11. The molecule has 0 aromatic heterocycles. The molecule has 1 fully saturated rings. The molecule has 0 bridgehead atoms. The average Bonchev–Trinajstić information content (AvgIpc) is 2.51. The fraction of sp³-hybridized carbons (Fsp3) is 0.562. The van der Waals surface area contributed by atoms with Gasteiger partial charge >= 0.3 is 0 Å². The SMILES string of the molecule is CCCN1CCN(Cc2ccc(CC(=O)NN)cc2)CC1. The molecule has 0 aliphatic carbocycles. The summed E-state index contributed by atoms with van der Waals surface area (Å²) in [6.07, 6.45) is 1.57. The molecule has 21 heavy (non-hydrogen) atoms. The van der Waals surface area contributed by atoms with Crippen molar-refractivity contribution in [1.82, 2.24) is 15.2 Å². The number of nitrogens with two attached hydrogens (primary N) is 1. The van der Waals surface area contributed by atoms with Gasteiger partial charge in [-0.2, -0.15) is 0 Å². The molecular formula is C16H26N4O. The lowest BCUT2D eigenvalue weighted by atomic mass is 10.1. The van der Waals surface area contributed by atoms with Crippen LogP contribution in [0.15, 0.2) is 24.3 Å². The number of hydrogen-bond donors (Lipinski definition) is 2. The van der Waals surface area contributed by atoms with Crippen molar-refractivity contribution in [2.24, 2.45) is 5.84 Å². The molecular weight excluding hydrogens is 264 g/mol. The second-order valence-electron chi connectivity index (χ2n) is 5.68. The lowest BCUT2D eigenvalue weighted by Crippen LogP contribution is -2.45. The van der Waals surface area contributed by atoms with Crippen LogP contribution in [0.3, 0.4) is 0 Å². The summed E-state index contributed by atoms with van der Waals surface area (Å²) in [6.45, 7) is 9.05. The molecule has 116 valence electrons. The fourth-order valence-electron chi connectivity index (χ4n) is 2.74. The number of nitrogens with zero attached hydrogens (tertiary/aromatic N) is 2. The molecule has 0 saturated carbocycles. The predicted molar refractivity (Wildman–Crippen MR) is 84.5 cm³/mol. The Morgan fingerprint density at radius 1 is 1.10 bits per heavy atom. The van der Waals surface area contributed by atoms with Crippen LogP contribution >= 0.6 is 0 Å². The van der Waals surface area contributed by atoms with Gasteiger partial charge in [0.2, 0.25) is 5.91 Å². The predicted octanol–water partition coefficient (Wildman–Crippen LogP) is 0.747. The Bertz CT molecular complexity index is 438. The van der Waals surface area contributed by atoms with Crippen LogP contribution in [0.2, 0.25) is 0 Å². The number of nitrogens with one attached hydrogen (secondary N) is 1. The Morgan fingerprint density at radius 2 is 1.67 bits per heavy atom. The maximum Gasteiger partial charge on any atom is 0.238 e. The number of carbonyl (C=O) groups is 1. The zero-order valence-corrected chi connectivity index (χ0v) is 12.8. The highest BCUT2D eigenvalue weighted by atomic mass is 16.2. The molecule has 2 rings (SSSR count). The van der Waals surface area contributed by atoms with Gasteiger partial charge in [0.05, 0.1) is 6.42 Å². The monoisotopic (exact) mass is 290 g/mol. The molecule has 1 saturated heterocycles. The number of hydrogen-bond acceptors (Lipinski definition) is 4. The zero-order chi connectivity index (χ0) is 15.1. The van der Waals surface area contributed by atoms with E-state index >= 15 is 0 Å². The Kier molecular flexibility index (Phi) is 6.17. The Balaban J connectivity index is 1.80. The van der Waals surface area contributed by atoms with Crippen LogP contribution in [0.1, 0.15) is 24.5 Å².